The number of aliphatic hydroxyl groups excluding tert-OH is 1. The van der Waals surface area contributed by atoms with Gasteiger partial charge >= 0.3 is 0 Å². The number of rotatable bonds is 14. The summed E-state index contributed by atoms with van der Waals surface area (Å²) in [7, 11) is 2.96. The summed E-state index contributed by atoms with van der Waals surface area (Å²) in [6, 6.07) is 57.4. The maximum absolute atomic E-state index is 14.0. The quantitative estimate of drug-likeness (QED) is 0.105. The molecule has 386 valence electrons. The van der Waals surface area contributed by atoms with Crippen LogP contribution < -0.4 is 18.9 Å². The van der Waals surface area contributed by atoms with Crippen molar-refractivity contribution in [2.24, 2.45) is 0 Å². The number of carbonyl (C=O) groups excluding carboxylic acids is 3. The van der Waals surface area contributed by atoms with E-state index in [2.05, 4.69) is 9.97 Å². The first-order valence-electron chi connectivity index (χ1n) is 25.0. The molecule has 12 rings (SSSR count). The Kier molecular flexibility index (Phi) is 14.1. The Morgan fingerprint density at radius 1 is 0.462 bits per heavy atom. The number of hydrogen-bond acceptors (Lipinski definition) is 10. The van der Waals surface area contributed by atoms with Crippen LogP contribution in [0.3, 0.4) is 0 Å². The number of carbonyl (C=O) groups is 3. The lowest BCUT2D eigenvalue weighted by atomic mass is 9.99. The number of imide groups is 1. The van der Waals surface area contributed by atoms with E-state index in [1.807, 2.05) is 127 Å². The number of aromatic nitrogens is 2. The number of ether oxygens (including phenoxy) is 4. The van der Waals surface area contributed by atoms with Gasteiger partial charge in [0.05, 0.1) is 37.5 Å². The SMILES string of the molecule is COc1c2c(c(OC(c3ccccc3)c3ccccc3)c3ncccc13)C(=O)N(Cc1ccc(F)cc1)C2=O.COc1c2c(c(OC(c3ccccc3)c3ccccc3)c3ncccc13)C(=O)N(Cc1ccc(F)cc1)C2O. The fraction of sp³-hybridized carbons (Fsp3) is 0.109. The number of hydrogen-bond donors (Lipinski definition) is 1. The molecule has 2 aliphatic rings. The second-order valence-corrected chi connectivity index (χ2v) is 18.5. The van der Waals surface area contributed by atoms with Gasteiger partial charge in [-0.1, -0.05) is 146 Å². The van der Waals surface area contributed by atoms with Crippen molar-refractivity contribution in [1.82, 2.24) is 19.8 Å². The maximum Gasteiger partial charge on any atom is 0.265 e. The highest BCUT2D eigenvalue weighted by molar-refractivity contribution is 6.27. The molecule has 0 saturated heterocycles. The third kappa shape index (κ3) is 9.49. The normalized spacial score (nSPS) is 13.7. The Bertz CT molecular complexity index is 3760. The lowest BCUT2D eigenvalue weighted by molar-refractivity contribution is 0.0129. The van der Waals surface area contributed by atoms with Gasteiger partial charge in [-0.25, -0.2) is 8.78 Å². The van der Waals surface area contributed by atoms with Crippen molar-refractivity contribution in [3.63, 3.8) is 0 Å². The molecule has 0 bridgehead atoms. The third-order valence-corrected chi connectivity index (χ3v) is 13.7. The van der Waals surface area contributed by atoms with Crippen LogP contribution in [0.5, 0.6) is 23.0 Å². The molecular formula is C64H48F2N4O8. The summed E-state index contributed by atoms with van der Waals surface area (Å²) in [6.45, 7) is 0.0436. The molecule has 78 heavy (non-hydrogen) atoms. The molecule has 12 nitrogen and oxygen atoms in total. The highest BCUT2D eigenvalue weighted by Gasteiger charge is 2.45. The number of methoxy groups -OCH3 is 2. The van der Waals surface area contributed by atoms with E-state index < -0.39 is 42.0 Å². The van der Waals surface area contributed by atoms with Gasteiger partial charge in [0.1, 0.15) is 51.9 Å². The summed E-state index contributed by atoms with van der Waals surface area (Å²) < 4.78 is 51.9. The molecule has 0 radical (unpaired) electrons. The van der Waals surface area contributed by atoms with Crippen LogP contribution in [-0.4, -0.2) is 56.8 Å². The highest BCUT2D eigenvalue weighted by atomic mass is 19.1. The molecule has 0 saturated carbocycles. The number of pyridine rings is 2. The zero-order valence-electron chi connectivity index (χ0n) is 42.1. The first-order valence-corrected chi connectivity index (χ1v) is 25.0. The van der Waals surface area contributed by atoms with Crippen LogP contribution in [-0.2, 0) is 13.1 Å². The van der Waals surface area contributed by atoms with Gasteiger partial charge in [0, 0.05) is 29.7 Å². The molecule has 14 heteroatoms. The van der Waals surface area contributed by atoms with Gasteiger partial charge in [0.25, 0.3) is 17.7 Å². The van der Waals surface area contributed by atoms with Crippen LogP contribution >= 0.6 is 0 Å². The van der Waals surface area contributed by atoms with Crippen molar-refractivity contribution >= 4 is 39.5 Å². The van der Waals surface area contributed by atoms with Gasteiger partial charge in [-0.05, 0) is 81.9 Å². The van der Waals surface area contributed by atoms with E-state index in [4.69, 9.17) is 18.9 Å². The summed E-state index contributed by atoms with van der Waals surface area (Å²) in [5.74, 6) is -1.15. The van der Waals surface area contributed by atoms with Crippen molar-refractivity contribution in [3.05, 3.63) is 274 Å². The minimum atomic E-state index is -1.30. The largest absolute Gasteiger partial charge is 0.496 e. The summed E-state index contributed by atoms with van der Waals surface area (Å²) >= 11 is 0. The van der Waals surface area contributed by atoms with E-state index in [1.165, 1.54) is 43.4 Å². The van der Waals surface area contributed by atoms with Crippen LogP contribution in [0.2, 0.25) is 0 Å². The fourth-order valence-electron chi connectivity index (χ4n) is 10.1. The smallest absolute Gasteiger partial charge is 0.265 e. The van der Waals surface area contributed by atoms with E-state index in [1.54, 1.807) is 54.9 Å². The molecule has 0 spiro atoms. The predicted molar refractivity (Wildman–Crippen MR) is 289 cm³/mol. The van der Waals surface area contributed by atoms with Gasteiger partial charge in [-0.2, -0.15) is 0 Å². The summed E-state index contributed by atoms with van der Waals surface area (Å²) in [4.78, 5) is 53.3. The van der Waals surface area contributed by atoms with Crippen molar-refractivity contribution in [2.45, 2.75) is 31.5 Å². The van der Waals surface area contributed by atoms with Crippen molar-refractivity contribution in [3.8, 4) is 23.0 Å². The minimum Gasteiger partial charge on any atom is -0.496 e. The zero-order valence-corrected chi connectivity index (χ0v) is 42.1. The molecule has 2 aromatic heterocycles. The first kappa shape index (κ1) is 50.4. The molecule has 2 aliphatic heterocycles. The van der Waals surface area contributed by atoms with Crippen LogP contribution in [0.1, 0.15) is 88.5 Å². The number of benzene rings is 8. The predicted octanol–water partition coefficient (Wildman–Crippen LogP) is 12.5. The third-order valence-electron chi connectivity index (χ3n) is 13.7. The topological polar surface area (TPSA) is 141 Å². The Balaban J connectivity index is 0.000000165. The molecule has 1 atom stereocenters. The standard InChI is InChI=1S/C32H25FN2O4.C32H23FN2O4/c2*1-38-29-24-13-8-18-34-27(24)30(39-28(21-9-4-2-5-10-21)22-11-6-3-7-12-22)26-25(29)31(36)35(32(26)37)19-20-14-16-23(33)17-15-20/h2-18,28,31,36H,19H2,1H3;2-18,28H,19H2,1H3. The average Bonchev–Trinajstić information content (AvgIpc) is 4.12. The lowest BCUT2D eigenvalue weighted by Gasteiger charge is -2.23. The summed E-state index contributed by atoms with van der Waals surface area (Å²) in [5.41, 5.74) is 6.43. The molecule has 4 heterocycles. The van der Waals surface area contributed by atoms with Gasteiger partial charge in [-0.3, -0.25) is 29.3 Å². The second kappa shape index (κ2) is 21.8. The van der Waals surface area contributed by atoms with Gasteiger partial charge < -0.3 is 29.0 Å². The Hall–Kier alpha value is -9.79. The molecule has 0 aliphatic carbocycles. The van der Waals surface area contributed by atoms with E-state index in [9.17, 15) is 28.3 Å². The summed E-state index contributed by atoms with van der Waals surface area (Å²) in [6.07, 6.45) is 0.813. The van der Waals surface area contributed by atoms with E-state index in [0.29, 0.717) is 44.2 Å². The van der Waals surface area contributed by atoms with Crippen LogP contribution in [0, 0.1) is 11.6 Å². The number of aliphatic hydroxyl groups is 1. The second-order valence-electron chi connectivity index (χ2n) is 18.5. The molecular weight excluding hydrogens is 991 g/mol. The van der Waals surface area contributed by atoms with Gasteiger partial charge in [0.2, 0.25) is 0 Å². The Morgan fingerprint density at radius 3 is 1.27 bits per heavy atom. The molecule has 10 aromatic rings. The first-order chi connectivity index (χ1) is 38.1. The zero-order chi connectivity index (χ0) is 53.9. The Morgan fingerprint density at radius 2 is 0.846 bits per heavy atom. The molecule has 8 aromatic carbocycles. The van der Waals surface area contributed by atoms with Gasteiger partial charge in [-0.15, -0.1) is 0 Å². The van der Waals surface area contributed by atoms with Crippen molar-refractivity contribution in [1.29, 1.82) is 0 Å². The number of halogens is 2. The maximum atomic E-state index is 14.0. The monoisotopic (exact) mass is 1040 g/mol. The van der Waals surface area contributed by atoms with Gasteiger partial charge in [0.15, 0.2) is 17.7 Å². The van der Waals surface area contributed by atoms with E-state index >= 15 is 0 Å². The summed E-state index contributed by atoms with van der Waals surface area (Å²) in [5, 5.41) is 12.6. The Labute approximate surface area is 447 Å². The molecule has 1 unspecified atom stereocenters. The minimum absolute atomic E-state index is 0.0280. The van der Waals surface area contributed by atoms with Crippen LogP contribution in [0.15, 0.2) is 207 Å². The number of amides is 3. The fourth-order valence-corrected chi connectivity index (χ4v) is 10.1. The number of nitrogens with zero attached hydrogens (tertiary/aromatic N) is 4. The molecule has 1 N–H and O–H groups in total. The molecule has 3 amide bonds. The van der Waals surface area contributed by atoms with E-state index in [0.717, 1.165) is 27.2 Å². The highest BCUT2D eigenvalue weighted by Crippen LogP contribution is 2.50. The number of fused-ring (bicyclic) bond motifs is 4. The average molecular weight is 1040 g/mol. The van der Waals surface area contributed by atoms with Crippen LogP contribution in [0.4, 0.5) is 8.78 Å². The lowest BCUT2D eigenvalue weighted by Crippen LogP contribution is -2.29. The van der Waals surface area contributed by atoms with Crippen LogP contribution in [0.25, 0.3) is 21.8 Å². The molecule has 0 fully saturated rings. The van der Waals surface area contributed by atoms with E-state index in [-0.39, 0.29) is 52.8 Å². The van der Waals surface area contributed by atoms with Crippen molar-refractivity contribution < 1.29 is 47.2 Å². The van der Waals surface area contributed by atoms with Crippen molar-refractivity contribution in [2.75, 3.05) is 14.2 Å².